The standard InChI is InChI=1S/C12H18N2O/c1-2-8-14-11(4-1)6-9-15-12-5-3-7-13-10-12/h3,5,7,10-11,14H,1-2,4,6,8-9H2/t11-/m0/s1. The van der Waals surface area contributed by atoms with Gasteiger partial charge in [-0.2, -0.15) is 0 Å². The van der Waals surface area contributed by atoms with Crippen molar-refractivity contribution in [2.45, 2.75) is 31.7 Å². The number of rotatable bonds is 4. The Bertz CT molecular complexity index is 270. The first-order chi connectivity index (χ1) is 7.45. The van der Waals surface area contributed by atoms with Crippen LogP contribution in [0.1, 0.15) is 25.7 Å². The summed E-state index contributed by atoms with van der Waals surface area (Å²) >= 11 is 0. The van der Waals surface area contributed by atoms with Gasteiger partial charge in [0.1, 0.15) is 5.75 Å². The topological polar surface area (TPSA) is 34.1 Å². The predicted octanol–water partition coefficient (Wildman–Crippen LogP) is 1.99. The SMILES string of the molecule is c1cncc(OCC[C@@H]2CCCCN2)c1. The Morgan fingerprint density at radius 3 is 3.20 bits per heavy atom. The highest BCUT2D eigenvalue weighted by Gasteiger charge is 2.11. The van der Waals surface area contributed by atoms with Gasteiger partial charge in [0.2, 0.25) is 0 Å². The second-order valence-electron chi connectivity index (χ2n) is 3.97. The van der Waals surface area contributed by atoms with Gasteiger partial charge in [-0.15, -0.1) is 0 Å². The monoisotopic (exact) mass is 206 g/mol. The number of hydrogen-bond acceptors (Lipinski definition) is 3. The molecule has 0 bridgehead atoms. The highest BCUT2D eigenvalue weighted by atomic mass is 16.5. The Hall–Kier alpha value is -1.09. The maximum Gasteiger partial charge on any atom is 0.137 e. The molecule has 0 aromatic carbocycles. The number of nitrogens with zero attached hydrogens (tertiary/aromatic N) is 1. The van der Waals surface area contributed by atoms with Crippen LogP contribution >= 0.6 is 0 Å². The minimum Gasteiger partial charge on any atom is -0.492 e. The smallest absolute Gasteiger partial charge is 0.137 e. The number of piperidine rings is 1. The average molecular weight is 206 g/mol. The molecule has 1 aromatic rings. The molecule has 0 radical (unpaired) electrons. The fourth-order valence-electron chi connectivity index (χ4n) is 1.92. The first-order valence-corrected chi connectivity index (χ1v) is 5.71. The lowest BCUT2D eigenvalue weighted by molar-refractivity contribution is 0.267. The Labute approximate surface area is 90.9 Å². The molecule has 1 N–H and O–H groups in total. The molecule has 1 aliphatic heterocycles. The van der Waals surface area contributed by atoms with Gasteiger partial charge in [-0.05, 0) is 37.9 Å². The first-order valence-electron chi connectivity index (χ1n) is 5.71. The molecule has 82 valence electrons. The summed E-state index contributed by atoms with van der Waals surface area (Å²) in [7, 11) is 0. The Morgan fingerprint density at radius 1 is 1.47 bits per heavy atom. The molecule has 0 unspecified atom stereocenters. The second kappa shape index (κ2) is 5.71. The van der Waals surface area contributed by atoms with Gasteiger partial charge >= 0.3 is 0 Å². The van der Waals surface area contributed by atoms with Gasteiger partial charge in [0, 0.05) is 12.2 Å². The summed E-state index contributed by atoms with van der Waals surface area (Å²) in [5, 5.41) is 3.51. The maximum atomic E-state index is 5.61. The van der Waals surface area contributed by atoms with Crippen molar-refractivity contribution < 1.29 is 4.74 Å². The average Bonchev–Trinajstić information content (AvgIpc) is 2.32. The van der Waals surface area contributed by atoms with Gasteiger partial charge in [-0.1, -0.05) is 6.42 Å². The summed E-state index contributed by atoms with van der Waals surface area (Å²) in [5.41, 5.74) is 0. The van der Waals surface area contributed by atoms with Crippen LogP contribution in [0, 0.1) is 0 Å². The fourth-order valence-corrected chi connectivity index (χ4v) is 1.92. The number of ether oxygens (including phenoxy) is 1. The molecule has 1 aliphatic rings. The van der Waals surface area contributed by atoms with Gasteiger partial charge in [0.05, 0.1) is 12.8 Å². The molecule has 2 rings (SSSR count). The summed E-state index contributed by atoms with van der Waals surface area (Å²) in [6.07, 6.45) is 8.57. The van der Waals surface area contributed by atoms with Crippen molar-refractivity contribution in [3.8, 4) is 5.75 Å². The van der Waals surface area contributed by atoms with Crippen LogP contribution in [0.5, 0.6) is 5.75 Å². The van der Waals surface area contributed by atoms with E-state index in [2.05, 4.69) is 10.3 Å². The second-order valence-corrected chi connectivity index (χ2v) is 3.97. The zero-order valence-corrected chi connectivity index (χ0v) is 8.98. The molecule has 0 amide bonds. The van der Waals surface area contributed by atoms with Crippen molar-refractivity contribution in [2.75, 3.05) is 13.2 Å². The molecule has 1 fully saturated rings. The molecule has 15 heavy (non-hydrogen) atoms. The van der Waals surface area contributed by atoms with Gasteiger partial charge in [0.25, 0.3) is 0 Å². The van der Waals surface area contributed by atoms with Crippen molar-refractivity contribution in [1.29, 1.82) is 0 Å². The lowest BCUT2D eigenvalue weighted by Crippen LogP contribution is -2.35. The van der Waals surface area contributed by atoms with Crippen molar-refractivity contribution >= 4 is 0 Å². The van der Waals surface area contributed by atoms with E-state index in [1.807, 2.05) is 12.1 Å². The lowest BCUT2D eigenvalue weighted by atomic mass is 10.0. The maximum absolute atomic E-state index is 5.61. The molecule has 3 heteroatoms. The van der Waals surface area contributed by atoms with E-state index in [0.717, 1.165) is 25.3 Å². The Kier molecular flexibility index (Phi) is 3.97. The molecular weight excluding hydrogens is 188 g/mol. The molecule has 1 saturated heterocycles. The molecule has 0 spiro atoms. The molecule has 0 saturated carbocycles. The van der Waals surface area contributed by atoms with E-state index in [1.54, 1.807) is 12.4 Å². The zero-order valence-electron chi connectivity index (χ0n) is 8.98. The summed E-state index contributed by atoms with van der Waals surface area (Å²) in [5.74, 6) is 0.869. The largest absolute Gasteiger partial charge is 0.492 e. The van der Waals surface area contributed by atoms with E-state index in [4.69, 9.17) is 4.74 Å². The summed E-state index contributed by atoms with van der Waals surface area (Å²) in [6.45, 7) is 1.95. The third-order valence-electron chi connectivity index (χ3n) is 2.78. The van der Waals surface area contributed by atoms with E-state index in [9.17, 15) is 0 Å². The first kappa shape index (κ1) is 10.4. The van der Waals surface area contributed by atoms with Crippen LogP contribution < -0.4 is 10.1 Å². The molecule has 3 nitrogen and oxygen atoms in total. The molecular formula is C12H18N2O. The van der Waals surface area contributed by atoms with Crippen molar-refractivity contribution in [3.05, 3.63) is 24.5 Å². The third-order valence-corrected chi connectivity index (χ3v) is 2.78. The minimum absolute atomic E-state index is 0.649. The normalized spacial score (nSPS) is 21.2. The van der Waals surface area contributed by atoms with Crippen LogP contribution in [0.4, 0.5) is 0 Å². The van der Waals surface area contributed by atoms with Crippen molar-refractivity contribution in [3.63, 3.8) is 0 Å². The van der Waals surface area contributed by atoms with Crippen molar-refractivity contribution in [1.82, 2.24) is 10.3 Å². The highest BCUT2D eigenvalue weighted by molar-refractivity contribution is 5.15. The summed E-state index contributed by atoms with van der Waals surface area (Å²) in [6, 6.07) is 4.49. The molecule has 1 aromatic heterocycles. The van der Waals surface area contributed by atoms with E-state index in [-0.39, 0.29) is 0 Å². The summed E-state index contributed by atoms with van der Waals surface area (Å²) < 4.78 is 5.61. The fraction of sp³-hybridized carbons (Fsp3) is 0.583. The quantitative estimate of drug-likeness (QED) is 0.818. The van der Waals surface area contributed by atoms with E-state index >= 15 is 0 Å². The third kappa shape index (κ3) is 3.51. The predicted molar refractivity (Wildman–Crippen MR) is 60.0 cm³/mol. The molecule has 2 heterocycles. The zero-order chi connectivity index (χ0) is 10.3. The van der Waals surface area contributed by atoms with Crippen LogP contribution in [-0.2, 0) is 0 Å². The van der Waals surface area contributed by atoms with Crippen LogP contribution in [0.15, 0.2) is 24.5 Å². The van der Waals surface area contributed by atoms with Gasteiger partial charge < -0.3 is 10.1 Å². The van der Waals surface area contributed by atoms with Crippen LogP contribution in [0.2, 0.25) is 0 Å². The van der Waals surface area contributed by atoms with E-state index < -0.39 is 0 Å². The van der Waals surface area contributed by atoms with Crippen LogP contribution in [0.25, 0.3) is 0 Å². The Morgan fingerprint density at radius 2 is 2.47 bits per heavy atom. The molecule has 0 aliphatic carbocycles. The molecule has 1 atom stereocenters. The highest BCUT2D eigenvalue weighted by Crippen LogP contribution is 2.11. The van der Waals surface area contributed by atoms with E-state index in [1.165, 1.54) is 19.3 Å². The van der Waals surface area contributed by atoms with Gasteiger partial charge in [-0.25, -0.2) is 0 Å². The van der Waals surface area contributed by atoms with Crippen LogP contribution in [-0.4, -0.2) is 24.2 Å². The minimum atomic E-state index is 0.649. The van der Waals surface area contributed by atoms with Gasteiger partial charge in [0.15, 0.2) is 0 Å². The van der Waals surface area contributed by atoms with Crippen molar-refractivity contribution in [2.24, 2.45) is 0 Å². The summed E-state index contributed by atoms with van der Waals surface area (Å²) in [4.78, 5) is 4.01. The number of pyridine rings is 1. The Balaban J connectivity index is 1.66. The number of hydrogen-bond donors (Lipinski definition) is 1. The lowest BCUT2D eigenvalue weighted by Gasteiger charge is -2.23. The van der Waals surface area contributed by atoms with E-state index in [0.29, 0.717) is 6.04 Å². The van der Waals surface area contributed by atoms with Gasteiger partial charge in [-0.3, -0.25) is 4.98 Å². The number of nitrogens with one attached hydrogen (secondary N) is 1. The number of aromatic nitrogens is 1. The van der Waals surface area contributed by atoms with Crippen LogP contribution in [0.3, 0.4) is 0 Å².